The Labute approximate surface area is 153 Å². The number of nitrogens with one attached hydrogen (secondary N) is 1. The molecule has 1 amide bonds. The van der Waals surface area contributed by atoms with Crippen molar-refractivity contribution in [2.45, 2.75) is 13.5 Å². The second-order valence-electron chi connectivity index (χ2n) is 5.78. The summed E-state index contributed by atoms with van der Waals surface area (Å²) in [6.07, 6.45) is 0. The first kappa shape index (κ1) is 16.3. The van der Waals surface area contributed by atoms with Gasteiger partial charge in [-0.15, -0.1) is 11.3 Å². The van der Waals surface area contributed by atoms with Gasteiger partial charge in [-0.1, -0.05) is 46.2 Å². The topological polar surface area (TPSA) is 81.2 Å². The molecule has 0 unspecified atom stereocenters. The van der Waals surface area contributed by atoms with E-state index in [1.807, 2.05) is 54.8 Å². The van der Waals surface area contributed by atoms with Gasteiger partial charge in [0.25, 0.3) is 5.91 Å². The minimum absolute atomic E-state index is 0.221. The molecule has 0 aliphatic heterocycles. The predicted octanol–water partition coefficient (Wildman–Crippen LogP) is 4.30. The summed E-state index contributed by atoms with van der Waals surface area (Å²) < 4.78 is 10.5. The molecule has 0 saturated heterocycles. The van der Waals surface area contributed by atoms with Crippen LogP contribution in [0.2, 0.25) is 0 Å². The molecule has 4 aromatic rings. The number of carbonyl (C=O) groups is 1. The minimum Gasteiger partial charge on any atom is -0.359 e. The molecule has 0 bridgehead atoms. The molecule has 7 heteroatoms. The molecule has 0 atom stereocenters. The number of aromatic nitrogens is 2. The Balaban J connectivity index is 1.40. The third-order valence-corrected chi connectivity index (χ3v) is 4.72. The van der Waals surface area contributed by atoms with Gasteiger partial charge in [0.15, 0.2) is 17.2 Å². The molecule has 0 saturated carbocycles. The Bertz CT molecular complexity index is 1020. The number of carbonyl (C=O) groups excluding carboxylic acids is 1. The third kappa shape index (κ3) is 3.43. The summed E-state index contributed by atoms with van der Waals surface area (Å²) in [5, 5.41) is 12.6. The summed E-state index contributed by atoms with van der Waals surface area (Å²) in [6.45, 7) is 2.25. The Kier molecular flexibility index (Phi) is 4.37. The summed E-state index contributed by atoms with van der Waals surface area (Å²) in [5.41, 5.74) is 3.11. The molecular formula is C19H15N3O3S. The number of benzene rings is 1. The van der Waals surface area contributed by atoms with Crippen LogP contribution < -0.4 is 5.32 Å². The average Bonchev–Trinajstić information content (AvgIpc) is 3.41. The maximum absolute atomic E-state index is 12.2. The molecule has 130 valence electrons. The van der Waals surface area contributed by atoms with Gasteiger partial charge in [0, 0.05) is 17.7 Å². The highest BCUT2D eigenvalue weighted by molar-refractivity contribution is 7.13. The van der Waals surface area contributed by atoms with Gasteiger partial charge in [-0.25, -0.2) is 0 Å². The fourth-order valence-electron chi connectivity index (χ4n) is 2.43. The van der Waals surface area contributed by atoms with Crippen molar-refractivity contribution in [2.24, 2.45) is 0 Å². The van der Waals surface area contributed by atoms with Crippen LogP contribution in [0, 0.1) is 6.92 Å². The number of hydrogen-bond donors (Lipinski definition) is 1. The van der Waals surface area contributed by atoms with Crippen LogP contribution in [0.25, 0.3) is 21.9 Å². The number of amides is 1. The molecule has 3 aromatic heterocycles. The van der Waals surface area contributed by atoms with Crippen LogP contribution in [-0.4, -0.2) is 16.2 Å². The Hall–Kier alpha value is -3.19. The second-order valence-corrected chi connectivity index (χ2v) is 6.73. The smallest absolute Gasteiger partial charge is 0.273 e. The maximum atomic E-state index is 12.2. The summed E-state index contributed by atoms with van der Waals surface area (Å²) in [5.74, 6) is 0.812. The van der Waals surface area contributed by atoms with E-state index in [0.717, 1.165) is 16.1 Å². The molecule has 26 heavy (non-hydrogen) atoms. The summed E-state index contributed by atoms with van der Waals surface area (Å²) >= 11 is 1.52. The standard InChI is InChI=1S/C19H15N3O3S/c1-12-4-6-13(7-5-12)15-9-14(24-21-15)11-20-19(23)16-10-17(25-22-16)18-3-2-8-26-18/h2-10H,11H2,1H3,(H,20,23). The van der Waals surface area contributed by atoms with Crippen molar-refractivity contribution >= 4 is 17.2 Å². The van der Waals surface area contributed by atoms with Crippen LogP contribution in [0.4, 0.5) is 0 Å². The van der Waals surface area contributed by atoms with Crippen LogP contribution in [0.15, 0.2) is 63.0 Å². The van der Waals surface area contributed by atoms with Gasteiger partial charge in [0.2, 0.25) is 0 Å². The van der Waals surface area contributed by atoms with E-state index >= 15 is 0 Å². The molecule has 6 nitrogen and oxygen atoms in total. The highest BCUT2D eigenvalue weighted by atomic mass is 32.1. The Morgan fingerprint density at radius 3 is 2.73 bits per heavy atom. The average molecular weight is 365 g/mol. The van der Waals surface area contributed by atoms with Crippen molar-refractivity contribution < 1.29 is 13.8 Å². The lowest BCUT2D eigenvalue weighted by molar-refractivity contribution is 0.0938. The molecule has 4 rings (SSSR count). The van der Waals surface area contributed by atoms with E-state index in [1.165, 1.54) is 16.9 Å². The fraction of sp³-hybridized carbons (Fsp3) is 0.105. The van der Waals surface area contributed by atoms with Crippen molar-refractivity contribution in [3.8, 4) is 21.9 Å². The van der Waals surface area contributed by atoms with E-state index in [4.69, 9.17) is 9.05 Å². The zero-order valence-corrected chi connectivity index (χ0v) is 14.7. The second kappa shape index (κ2) is 6.97. The largest absolute Gasteiger partial charge is 0.359 e. The predicted molar refractivity (Wildman–Crippen MR) is 97.7 cm³/mol. The first-order valence-corrected chi connectivity index (χ1v) is 8.88. The van der Waals surface area contributed by atoms with E-state index < -0.39 is 0 Å². The van der Waals surface area contributed by atoms with Crippen LogP contribution in [-0.2, 0) is 6.54 Å². The molecule has 1 N–H and O–H groups in total. The van der Waals surface area contributed by atoms with Gasteiger partial charge >= 0.3 is 0 Å². The molecule has 0 fully saturated rings. The number of aryl methyl sites for hydroxylation is 1. The highest BCUT2D eigenvalue weighted by Gasteiger charge is 2.15. The number of thiophene rings is 1. The van der Waals surface area contributed by atoms with Gasteiger partial charge in [-0.3, -0.25) is 4.79 Å². The van der Waals surface area contributed by atoms with Gasteiger partial charge < -0.3 is 14.4 Å². The SMILES string of the molecule is Cc1ccc(-c2cc(CNC(=O)c3cc(-c4cccs4)on3)on2)cc1. The number of rotatable bonds is 5. The van der Waals surface area contributed by atoms with Crippen LogP contribution in [0.3, 0.4) is 0 Å². The van der Waals surface area contributed by atoms with E-state index in [1.54, 1.807) is 6.07 Å². The Morgan fingerprint density at radius 2 is 1.96 bits per heavy atom. The molecule has 3 heterocycles. The van der Waals surface area contributed by atoms with Crippen LogP contribution in [0.1, 0.15) is 21.8 Å². The van der Waals surface area contributed by atoms with Crippen molar-refractivity contribution in [3.05, 3.63) is 70.9 Å². The zero-order valence-electron chi connectivity index (χ0n) is 13.9. The third-order valence-electron chi connectivity index (χ3n) is 3.84. The van der Waals surface area contributed by atoms with Gasteiger partial charge in [-0.05, 0) is 18.4 Å². The molecule has 0 spiro atoms. The molecule has 0 aliphatic rings. The first-order chi connectivity index (χ1) is 12.7. The lowest BCUT2D eigenvalue weighted by Gasteiger charge is -1.98. The zero-order chi connectivity index (χ0) is 17.9. The minimum atomic E-state index is -0.329. The lowest BCUT2D eigenvalue weighted by atomic mass is 10.1. The van der Waals surface area contributed by atoms with E-state index in [0.29, 0.717) is 11.5 Å². The summed E-state index contributed by atoms with van der Waals surface area (Å²) in [7, 11) is 0. The molecule has 0 radical (unpaired) electrons. The molecule has 0 aliphatic carbocycles. The molecule has 1 aromatic carbocycles. The molecular weight excluding hydrogens is 350 g/mol. The van der Waals surface area contributed by atoms with Crippen molar-refractivity contribution in [2.75, 3.05) is 0 Å². The highest BCUT2D eigenvalue weighted by Crippen LogP contribution is 2.25. The van der Waals surface area contributed by atoms with Crippen LogP contribution in [0.5, 0.6) is 0 Å². The lowest BCUT2D eigenvalue weighted by Crippen LogP contribution is -2.22. The summed E-state index contributed by atoms with van der Waals surface area (Å²) in [4.78, 5) is 13.1. The van der Waals surface area contributed by atoms with Crippen LogP contribution >= 0.6 is 11.3 Å². The first-order valence-electron chi connectivity index (χ1n) is 8.00. The fourth-order valence-corrected chi connectivity index (χ4v) is 3.10. The summed E-state index contributed by atoms with van der Waals surface area (Å²) in [6, 6.07) is 15.3. The normalized spacial score (nSPS) is 10.8. The monoisotopic (exact) mass is 365 g/mol. The van der Waals surface area contributed by atoms with Gasteiger partial charge in [0.05, 0.1) is 11.4 Å². The van der Waals surface area contributed by atoms with Gasteiger partial charge in [0.1, 0.15) is 5.69 Å². The van der Waals surface area contributed by atoms with E-state index in [9.17, 15) is 4.79 Å². The number of hydrogen-bond acceptors (Lipinski definition) is 6. The van der Waals surface area contributed by atoms with Gasteiger partial charge in [-0.2, -0.15) is 0 Å². The maximum Gasteiger partial charge on any atom is 0.273 e. The Morgan fingerprint density at radius 1 is 1.12 bits per heavy atom. The number of nitrogens with zero attached hydrogens (tertiary/aromatic N) is 2. The van der Waals surface area contributed by atoms with Crippen molar-refractivity contribution in [3.63, 3.8) is 0 Å². The quantitative estimate of drug-likeness (QED) is 0.570. The van der Waals surface area contributed by atoms with Crippen molar-refractivity contribution in [1.82, 2.24) is 15.6 Å². The van der Waals surface area contributed by atoms with E-state index in [-0.39, 0.29) is 18.1 Å². The van der Waals surface area contributed by atoms with Crippen molar-refractivity contribution in [1.29, 1.82) is 0 Å². The van der Waals surface area contributed by atoms with E-state index in [2.05, 4.69) is 15.6 Å².